The maximum absolute atomic E-state index is 12.4. The van der Waals surface area contributed by atoms with Crippen molar-refractivity contribution in [2.45, 2.75) is 25.7 Å². The Labute approximate surface area is 133 Å². The number of H-pyrrole nitrogens is 1. The molecular formula is C17H19N3O3. The highest BCUT2D eigenvalue weighted by Crippen LogP contribution is 2.30. The summed E-state index contributed by atoms with van der Waals surface area (Å²) < 4.78 is 0. The molecule has 0 aliphatic heterocycles. The lowest BCUT2D eigenvalue weighted by Gasteiger charge is -2.25. The number of nitrogens with one attached hydrogen (secondary N) is 2. The number of nitrogens with zero attached hydrogens (tertiary/aromatic N) is 1. The van der Waals surface area contributed by atoms with Gasteiger partial charge in [0.05, 0.1) is 11.6 Å². The number of carbonyl (C=O) groups excluding carboxylic acids is 1. The topological polar surface area (TPSA) is 95.1 Å². The minimum atomic E-state index is -0.802. The molecule has 1 saturated carbocycles. The van der Waals surface area contributed by atoms with Gasteiger partial charge in [0, 0.05) is 23.4 Å². The van der Waals surface area contributed by atoms with E-state index in [0.29, 0.717) is 18.5 Å². The van der Waals surface area contributed by atoms with Crippen LogP contribution in [-0.4, -0.2) is 27.2 Å². The van der Waals surface area contributed by atoms with Crippen molar-refractivity contribution in [3.63, 3.8) is 0 Å². The van der Waals surface area contributed by atoms with Gasteiger partial charge in [-0.15, -0.1) is 0 Å². The Hall–Kier alpha value is -2.63. The van der Waals surface area contributed by atoms with Gasteiger partial charge in [0.25, 0.3) is 0 Å². The van der Waals surface area contributed by atoms with Crippen LogP contribution in [0.2, 0.25) is 0 Å². The molecule has 1 fully saturated rings. The summed E-state index contributed by atoms with van der Waals surface area (Å²) in [4.78, 5) is 23.5. The first-order valence-corrected chi connectivity index (χ1v) is 7.77. The Morgan fingerprint density at radius 2 is 2.04 bits per heavy atom. The highest BCUT2D eigenvalue weighted by Gasteiger charge is 2.31. The van der Waals surface area contributed by atoms with E-state index >= 15 is 0 Å². The van der Waals surface area contributed by atoms with Crippen LogP contribution in [0.25, 0.3) is 11.3 Å². The highest BCUT2D eigenvalue weighted by atomic mass is 16.4. The molecule has 1 amide bonds. The molecule has 23 heavy (non-hydrogen) atoms. The third-order valence-corrected chi connectivity index (χ3v) is 4.34. The van der Waals surface area contributed by atoms with Crippen LogP contribution in [0, 0.1) is 11.8 Å². The summed E-state index contributed by atoms with van der Waals surface area (Å²) in [6, 6.07) is 9.37. The molecule has 0 spiro atoms. The fourth-order valence-electron chi connectivity index (χ4n) is 3.08. The van der Waals surface area contributed by atoms with E-state index in [9.17, 15) is 9.59 Å². The van der Waals surface area contributed by atoms with Gasteiger partial charge in [-0.25, -0.2) is 0 Å². The van der Waals surface area contributed by atoms with Crippen molar-refractivity contribution in [2.75, 3.05) is 5.32 Å². The number of aromatic nitrogens is 2. The van der Waals surface area contributed by atoms with E-state index < -0.39 is 11.9 Å². The number of amides is 1. The zero-order valence-electron chi connectivity index (χ0n) is 12.7. The molecule has 3 rings (SSSR count). The maximum atomic E-state index is 12.4. The Morgan fingerprint density at radius 1 is 1.22 bits per heavy atom. The first kappa shape index (κ1) is 15.3. The van der Waals surface area contributed by atoms with Gasteiger partial charge in [0.1, 0.15) is 0 Å². The third kappa shape index (κ3) is 3.59. The number of anilines is 1. The van der Waals surface area contributed by atoms with Crippen molar-refractivity contribution in [1.82, 2.24) is 10.2 Å². The molecule has 1 aromatic carbocycles. The first-order chi connectivity index (χ1) is 11.1. The molecule has 1 heterocycles. The molecule has 0 bridgehead atoms. The molecule has 2 aromatic rings. The molecule has 0 saturated heterocycles. The second-order valence-corrected chi connectivity index (χ2v) is 5.94. The molecule has 1 aromatic heterocycles. The minimum Gasteiger partial charge on any atom is -0.481 e. The van der Waals surface area contributed by atoms with Crippen molar-refractivity contribution in [1.29, 1.82) is 0 Å². The molecule has 2 unspecified atom stereocenters. The molecule has 6 heteroatoms. The number of carbonyl (C=O) groups is 2. The lowest BCUT2D eigenvalue weighted by Crippen LogP contribution is -2.30. The van der Waals surface area contributed by atoms with Crippen LogP contribution in [-0.2, 0) is 9.59 Å². The number of aromatic amines is 1. The van der Waals surface area contributed by atoms with Crippen LogP contribution in [0.1, 0.15) is 25.7 Å². The average Bonchev–Trinajstić information content (AvgIpc) is 3.10. The summed E-state index contributed by atoms with van der Waals surface area (Å²) in [5, 5.41) is 18.8. The second kappa shape index (κ2) is 6.64. The van der Waals surface area contributed by atoms with Crippen LogP contribution in [0.3, 0.4) is 0 Å². The predicted molar refractivity (Wildman–Crippen MR) is 85.7 cm³/mol. The van der Waals surface area contributed by atoms with Crippen molar-refractivity contribution < 1.29 is 14.7 Å². The van der Waals surface area contributed by atoms with Crippen molar-refractivity contribution in [3.05, 3.63) is 36.5 Å². The van der Waals surface area contributed by atoms with Gasteiger partial charge in [-0.05, 0) is 37.5 Å². The molecular weight excluding hydrogens is 294 g/mol. The third-order valence-electron chi connectivity index (χ3n) is 4.34. The summed E-state index contributed by atoms with van der Waals surface area (Å²) in [5.41, 5.74) is 2.52. The van der Waals surface area contributed by atoms with Crippen molar-refractivity contribution >= 4 is 17.6 Å². The number of carboxylic acids is 1. The van der Waals surface area contributed by atoms with Gasteiger partial charge in [-0.3, -0.25) is 14.7 Å². The van der Waals surface area contributed by atoms with E-state index in [0.717, 1.165) is 24.1 Å². The van der Waals surface area contributed by atoms with Crippen molar-refractivity contribution in [2.24, 2.45) is 11.8 Å². The Kier molecular flexibility index (Phi) is 4.41. The van der Waals surface area contributed by atoms with Crippen LogP contribution in [0.4, 0.5) is 5.69 Å². The van der Waals surface area contributed by atoms with Crippen LogP contribution in [0.15, 0.2) is 36.5 Å². The van der Waals surface area contributed by atoms with Gasteiger partial charge in [-0.1, -0.05) is 18.6 Å². The number of benzene rings is 1. The van der Waals surface area contributed by atoms with Gasteiger partial charge in [-0.2, -0.15) is 5.10 Å². The quantitative estimate of drug-likeness (QED) is 0.808. The minimum absolute atomic E-state index is 0.0993. The monoisotopic (exact) mass is 313 g/mol. The second-order valence-electron chi connectivity index (χ2n) is 5.94. The SMILES string of the molecule is O=C(O)C1CCCC(C(=O)Nc2cccc(-c3ccn[nH]3)c2)C1. The van der Waals surface area contributed by atoms with E-state index in [-0.39, 0.29) is 11.8 Å². The average molecular weight is 313 g/mol. The van der Waals surface area contributed by atoms with Crippen molar-refractivity contribution in [3.8, 4) is 11.3 Å². The van der Waals surface area contributed by atoms with Gasteiger partial charge in [0.15, 0.2) is 0 Å². The van der Waals surface area contributed by atoms with E-state index in [1.54, 1.807) is 6.20 Å². The van der Waals surface area contributed by atoms with Gasteiger partial charge < -0.3 is 10.4 Å². The molecule has 120 valence electrons. The summed E-state index contributed by atoms with van der Waals surface area (Å²) in [6.07, 6.45) is 4.28. The zero-order valence-corrected chi connectivity index (χ0v) is 12.7. The predicted octanol–water partition coefficient (Wildman–Crippen LogP) is 2.91. The summed E-state index contributed by atoms with van der Waals surface area (Å²) >= 11 is 0. The van der Waals surface area contributed by atoms with E-state index in [2.05, 4.69) is 15.5 Å². The van der Waals surface area contributed by atoms with Gasteiger partial charge in [0.2, 0.25) is 5.91 Å². The molecule has 6 nitrogen and oxygen atoms in total. The van der Waals surface area contributed by atoms with Gasteiger partial charge >= 0.3 is 5.97 Å². The fourth-order valence-corrected chi connectivity index (χ4v) is 3.08. The lowest BCUT2D eigenvalue weighted by atomic mass is 9.81. The number of hydrogen-bond donors (Lipinski definition) is 3. The Balaban J connectivity index is 1.68. The maximum Gasteiger partial charge on any atom is 0.306 e. The number of carboxylic acid groups (broad SMARTS) is 1. The number of rotatable bonds is 4. The standard InChI is InChI=1S/C17H19N3O3/c21-16(12-4-1-5-13(9-12)17(22)23)19-14-6-2-3-11(10-14)15-7-8-18-20-15/h2-3,6-8,10,12-13H,1,4-5,9H2,(H,18,20)(H,19,21)(H,22,23). The lowest BCUT2D eigenvalue weighted by molar-refractivity contribution is -0.143. The first-order valence-electron chi connectivity index (χ1n) is 7.77. The molecule has 1 aliphatic rings. The highest BCUT2D eigenvalue weighted by molar-refractivity contribution is 5.93. The fraction of sp³-hybridized carbons (Fsp3) is 0.353. The Morgan fingerprint density at radius 3 is 2.78 bits per heavy atom. The summed E-state index contributed by atoms with van der Waals surface area (Å²) in [7, 11) is 0. The van der Waals surface area contributed by atoms with Crippen LogP contribution >= 0.6 is 0 Å². The van der Waals surface area contributed by atoms with E-state index in [1.807, 2.05) is 30.3 Å². The Bertz CT molecular complexity index is 697. The molecule has 0 radical (unpaired) electrons. The normalized spacial score (nSPS) is 20.9. The number of aliphatic carboxylic acids is 1. The molecule has 2 atom stereocenters. The van der Waals surface area contributed by atoms with Crippen LogP contribution in [0.5, 0.6) is 0 Å². The molecule has 1 aliphatic carbocycles. The largest absolute Gasteiger partial charge is 0.481 e. The summed E-state index contributed by atoms with van der Waals surface area (Å²) in [5.74, 6) is -1.54. The summed E-state index contributed by atoms with van der Waals surface area (Å²) in [6.45, 7) is 0. The van der Waals surface area contributed by atoms with E-state index in [4.69, 9.17) is 5.11 Å². The zero-order chi connectivity index (χ0) is 16.2. The smallest absolute Gasteiger partial charge is 0.306 e. The van der Waals surface area contributed by atoms with Crippen LogP contribution < -0.4 is 5.32 Å². The molecule has 3 N–H and O–H groups in total. The van der Waals surface area contributed by atoms with E-state index in [1.165, 1.54) is 0 Å². The number of hydrogen-bond acceptors (Lipinski definition) is 3.